The first-order valence-electron chi connectivity index (χ1n) is 20.6. The Kier molecular flexibility index (Phi) is 12.7. The number of likely N-dealkylation sites (tertiary alicyclic amines) is 1. The van der Waals surface area contributed by atoms with Crippen molar-refractivity contribution in [3.63, 3.8) is 0 Å². The summed E-state index contributed by atoms with van der Waals surface area (Å²) in [4.78, 5) is 60.3. The van der Waals surface area contributed by atoms with Crippen molar-refractivity contribution in [2.75, 3.05) is 52.6 Å². The first-order valence-corrected chi connectivity index (χ1v) is 20.6. The number of hydrogen-bond donors (Lipinski definition) is 3. The molecule has 3 N–H and O–H groups in total. The summed E-state index contributed by atoms with van der Waals surface area (Å²) in [6.45, 7) is 11.9. The summed E-state index contributed by atoms with van der Waals surface area (Å²) in [6.07, 6.45) is 14.6. The van der Waals surface area contributed by atoms with Gasteiger partial charge in [0.15, 0.2) is 11.0 Å². The molecule has 310 valence electrons. The molecule has 59 heavy (non-hydrogen) atoms. The zero-order valence-electron chi connectivity index (χ0n) is 33.6. The molecule has 4 fully saturated rings. The molecule has 4 atom stereocenters. The SMILES string of the molecule is CC1CN(Cc2ccncc2)CC1c1nn2c(C3CCOCC3)ncc2c(=O)[nH]1.CC1CNCC1c1nn2c(C3CCOCC3)ncc2c(=O)[nH]1.O=Cc1ccncc1. The molecule has 17 nitrogen and oxygen atoms in total. The van der Waals surface area contributed by atoms with Crippen LogP contribution in [0.15, 0.2) is 71.0 Å². The Labute approximate surface area is 341 Å². The van der Waals surface area contributed by atoms with Crippen LogP contribution in [0.1, 0.15) is 102 Å². The molecule has 0 saturated carbocycles. The van der Waals surface area contributed by atoms with Gasteiger partial charge < -0.3 is 24.8 Å². The van der Waals surface area contributed by atoms with E-state index in [0.29, 0.717) is 34.4 Å². The number of aromatic nitrogens is 10. The number of pyridine rings is 2. The van der Waals surface area contributed by atoms with Crippen LogP contribution in [0.4, 0.5) is 0 Å². The fourth-order valence-electron chi connectivity index (χ4n) is 8.58. The van der Waals surface area contributed by atoms with E-state index in [0.717, 1.165) is 114 Å². The van der Waals surface area contributed by atoms with Gasteiger partial charge in [-0.15, -0.1) is 0 Å². The van der Waals surface area contributed by atoms with Gasteiger partial charge in [-0.3, -0.25) is 29.3 Å². The molecule has 10 rings (SSSR count). The van der Waals surface area contributed by atoms with Crippen LogP contribution >= 0.6 is 0 Å². The molecule has 6 aromatic rings. The average molecular weight is 805 g/mol. The number of ether oxygens (including phenoxy) is 2. The van der Waals surface area contributed by atoms with Gasteiger partial charge in [-0.1, -0.05) is 13.8 Å². The van der Waals surface area contributed by atoms with Crippen molar-refractivity contribution in [1.29, 1.82) is 0 Å². The summed E-state index contributed by atoms with van der Waals surface area (Å²) in [5, 5.41) is 12.9. The highest BCUT2D eigenvalue weighted by atomic mass is 16.5. The first kappa shape index (κ1) is 40.3. The Bertz CT molecular complexity index is 2420. The molecule has 0 spiro atoms. The zero-order chi connectivity index (χ0) is 40.7. The van der Waals surface area contributed by atoms with Crippen molar-refractivity contribution in [3.8, 4) is 0 Å². The van der Waals surface area contributed by atoms with Gasteiger partial charge in [-0.05, 0) is 73.9 Å². The molecule has 4 aliphatic rings. The van der Waals surface area contributed by atoms with Crippen molar-refractivity contribution in [1.82, 2.24) is 59.3 Å². The van der Waals surface area contributed by atoms with Gasteiger partial charge in [-0.2, -0.15) is 10.2 Å². The number of hydrogen-bond acceptors (Lipinski definition) is 13. The van der Waals surface area contributed by atoms with Gasteiger partial charge in [0, 0.05) is 107 Å². The maximum atomic E-state index is 12.7. The second-order valence-corrected chi connectivity index (χ2v) is 16.1. The highest BCUT2D eigenvalue weighted by Gasteiger charge is 2.34. The molecule has 0 amide bonds. The van der Waals surface area contributed by atoms with E-state index in [1.54, 1.807) is 46.0 Å². The molecule has 0 bridgehead atoms. The number of aromatic amines is 2. The van der Waals surface area contributed by atoms with E-state index in [9.17, 15) is 14.4 Å². The number of imidazole rings is 2. The van der Waals surface area contributed by atoms with E-state index in [4.69, 9.17) is 19.7 Å². The van der Waals surface area contributed by atoms with Crippen LogP contribution in [0.3, 0.4) is 0 Å². The summed E-state index contributed by atoms with van der Waals surface area (Å²) in [5.74, 6) is 5.23. The molecule has 4 saturated heterocycles. The monoisotopic (exact) mass is 804 g/mol. The number of aldehydes is 1. The molecule has 0 radical (unpaired) electrons. The predicted molar refractivity (Wildman–Crippen MR) is 219 cm³/mol. The Morgan fingerprint density at radius 3 is 1.71 bits per heavy atom. The van der Waals surface area contributed by atoms with Gasteiger partial charge >= 0.3 is 0 Å². The molecule has 4 aliphatic heterocycles. The minimum atomic E-state index is -0.111. The second-order valence-electron chi connectivity index (χ2n) is 16.1. The lowest BCUT2D eigenvalue weighted by molar-refractivity contribution is 0.0831. The summed E-state index contributed by atoms with van der Waals surface area (Å²) in [7, 11) is 0. The van der Waals surface area contributed by atoms with E-state index < -0.39 is 0 Å². The Morgan fingerprint density at radius 2 is 1.22 bits per heavy atom. The third-order valence-electron chi connectivity index (χ3n) is 12.0. The highest BCUT2D eigenvalue weighted by Crippen LogP contribution is 2.32. The lowest BCUT2D eigenvalue weighted by Crippen LogP contribution is -2.24. The van der Waals surface area contributed by atoms with Crippen molar-refractivity contribution in [3.05, 3.63) is 117 Å². The van der Waals surface area contributed by atoms with Crippen LogP contribution in [0.2, 0.25) is 0 Å². The van der Waals surface area contributed by atoms with Crippen LogP contribution in [0.5, 0.6) is 0 Å². The normalized spacial score (nSPS) is 22.8. The number of nitrogens with one attached hydrogen (secondary N) is 3. The molecular formula is C42H52N12O5. The largest absolute Gasteiger partial charge is 0.381 e. The number of carbonyl (C=O) groups is 1. The molecule has 17 heteroatoms. The van der Waals surface area contributed by atoms with Crippen molar-refractivity contribution >= 4 is 17.3 Å². The average Bonchev–Trinajstić information content (AvgIpc) is 4.09. The molecule has 0 aliphatic carbocycles. The standard InChI is InChI=1S/C21H26N6O2.C15H21N5O2.C6H5NO/c1-14-11-26(12-15-2-6-22-7-3-15)13-17(14)19-24-21(28)18-10-23-20(27(18)25-19)16-4-8-29-9-5-16;1-9-6-16-7-11(9)13-18-15(21)12-8-17-14(20(12)19-13)10-2-4-22-5-3-10;8-5-6-1-3-7-4-2-6/h2-3,6-7,10,14,16-17H,4-5,8-9,11-13H2,1H3,(H,24,25,28);8-11,16H,2-7H2,1H3,(H,18,19,21);1-5H. The van der Waals surface area contributed by atoms with Crippen LogP contribution < -0.4 is 16.4 Å². The van der Waals surface area contributed by atoms with Gasteiger partial charge in [0.1, 0.15) is 29.6 Å². The van der Waals surface area contributed by atoms with Crippen molar-refractivity contribution in [2.45, 2.75) is 69.7 Å². The van der Waals surface area contributed by atoms with Crippen LogP contribution in [-0.2, 0) is 16.0 Å². The Hall–Kier alpha value is -5.49. The summed E-state index contributed by atoms with van der Waals surface area (Å²) in [5.41, 5.74) is 2.76. The summed E-state index contributed by atoms with van der Waals surface area (Å²) in [6, 6.07) is 7.42. The summed E-state index contributed by atoms with van der Waals surface area (Å²) < 4.78 is 14.4. The molecule has 6 aromatic heterocycles. The quantitative estimate of drug-likeness (QED) is 0.198. The van der Waals surface area contributed by atoms with Crippen LogP contribution in [0.25, 0.3) is 11.0 Å². The van der Waals surface area contributed by atoms with Gasteiger partial charge in [0.05, 0.1) is 12.4 Å². The first-order chi connectivity index (χ1) is 28.9. The number of rotatable bonds is 7. The van der Waals surface area contributed by atoms with Crippen LogP contribution in [0, 0.1) is 11.8 Å². The third-order valence-corrected chi connectivity index (χ3v) is 12.0. The Morgan fingerprint density at radius 1 is 0.695 bits per heavy atom. The lowest BCUT2D eigenvalue weighted by atomic mass is 9.97. The van der Waals surface area contributed by atoms with E-state index in [1.165, 1.54) is 5.56 Å². The zero-order valence-corrected chi connectivity index (χ0v) is 33.6. The fourth-order valence-corrected chi connectivity index (χ4v) is 8.58. The summed E-state index contributed by atoms with van der Waals surface area (Å²) >= 11 is 0. The number of H-pyrrole nitrogens is 2. The van der Waals surface area contributed by atoms with E-state index in [2.05, 4.69) is 66.1 Å². The number of carbonyl (C=O) groups excluding carboxylic acids is 1. The van der Waals surface area contributed by atoms with Gasteiger partial charge in [0.2, 0.25) is 0 Å². The number of nitrogens with zero attached hydrogens (tertiary/aromatic N) is 9. The third kappa shape index (κ3) is 9.22. The lowest BCUT2D eigenvalue weighted by Gasteiger charge is -2.21. The highest BCUT2D eigenvalue weighted by molar-refractivity contribution is 5.74. The molecule has 4 unspecified atom stereocenters. The molecule has 0 aromatic carbocycles. The topological polar surface area (TPSA) is 203 Å². The van der Waals surface area contributed by atoms with Crippen LogP contribution in [-0.4, -0.2) is 113 Å². The Balaban J connectivity index is 0.000000142. The smallest absolute Gasteiger partial charge is 0.276 e. The van der Waals surface area contributed by atoms with Crippen molar-refractivity contribution in [2.24, 2.45) is 11.8 Å². The van der Waals surface area contributed by atoms with Gasteiger partial charge in [-0.25, -0.2) is 19.0 Å². The maximum absolute atomic E-state index is 12.7. The van der Waals surface area contributed by atoms with Gasteiger partial charge in [0.25, 0.3) is 11.1 Å². The van der Waals surface area contributed by atoms with E-state index in [-0.39, 0.29) is 28.9 Å². The van der Waals surface area contributed by atoms with E-state index >= 15 is 0 Å². The minimum Gasteiger partial charge on any atom is -0.381 e. The fraction of sp³-hybridized carbons (Fsp3) is 0.500. The van der Waals surface area contributed by atoms with E-state index in [1.807, 2.05) is 12.4 Å². The molecular weight excluding hydrogens is 753 g/mol. The number of fused-ring (bicyclic) bond motifs is 2. The van der Waals surface area contributed by atoms with Crippen molar-refractivity contribution < 1.29 is 14.3 Å². The predicted octanol–water partition coefficient (Wildman–Crippen LogP) is 3.47. The molecule has 10 heterocycles. The second kappa shape index (κ2) is 18.6. The minimum absolute atomic E-state index is 0.102. The maximum Gasteiger partial charge on any atom is 0.276 e.